The second kappa shape index (κ2) is 6.20. The number of fused-ring (bicyclic) bond motifs is 1. The Labute approximate surface area is 146 Å². The summed E-state index contributed by atoms with van der Waals surface area (Å²) in [6, 6.07) is 7.07. The van der Waals surface area contributed by atoms with Crippen LogP contribution in [0.15, 0.2) is 35.3 Å². The maximum absolute atomic E-state index is 12.8. The fourth-order valence-electron chi connectivity index (χ4n) is 3.20. The molecule has 1 N–H and O–H groups in total. The molecule has 1 amide bonds. The number of pyridine rings is 1. The molecule has 1 atom stereocenters. The molecule has 0 saturated heterocycles. The molecule has 0 bridgehead atoms. The largest absolute Gasteiger partial charge is 0.324 e. The number of hydrogen-bond acceptors (Lipinski definition) is 3. The molecule has 3 rings (SSSR count). The molecule has 6 heteroatoms. The normalized spacial score (nSPS) is 12.4. The summed E-state index contributed by atoms with van der Waals surface area (Å²) >= 11 is 0. The van der Waals surface area contributed by atoms with E-state index in [9.17, 15) is 9.59 Å². The Balaban J connectivity index is 1.95. The molecule has 0 aliphatic heterocycles. The molecule has 25 heavy (non-hydrogen) atoms. The third kappa shape index (κ3) is 3.07. The van der Waals surface area contributed by atoms with Gasteiger partial charge in [-0.25, -0.2) is 0 Å². The van der Waals surface area contributed by atoms with Crippen molar-refractivity contribution in [3.63, 3.8) is 0 Å². The second-order valence-corrected chi connectivity index (χ2v) is 6.54. The maximum Gasteiger partial charge on any atom is 0.277 e. The lowest BCUT2D eigenvalue weighted by Crippen LogP contribution is -2.31. The minimum absolute atomic E-state index is 0.219. The van der Waals surface area contributed by atoms with E-state index in [0.717, 1.165) is 27.9 Å². The Morgan fingerprint density at radius 1 is 1.16 bits per heavy atom. The molecule has 0 saturated carbocycles. The molecule has 2 aromatic heterocycles. The van der Waals surface area contributed by atoms with Crippen LogP contribution >= 0.6 is 0 Å². The fraction of sp³-hybridized carbons (Fsp3) is 0.316. The van der Waals surface area contributed by atoms with E-state index in [-0.39, 0.29) is 11.5 Å². The molecule has 0 fully saturated rings. The van der Waals surface area contributed by atoms with Gasteiger partial charge < -0.3 is 9.88 Å². The highest BCUT2D eigenvalue weighted by Gasteiger charge is 2.19. The average molecular weight is 338 g/mol. The number of aryl methyl sites for hydroxylation is 4. The quantitative estimate of drug-likeness (QED) is 0.798. The summed E-state index contributed by atoms with van der Waals surface area (Å²) in [5, 5.41) is 7.99. The van der Waals surface area contributed by atoms with Gasteiger partial charge in [0, 0.05) is 24.3 Å². The average Bonchev–Trinajstić information content (AvgIpc) is 2.81. The molecule has 6 nitrogen and oxygen atoms in total. The van der Waals surface area contributed by atoms with Crippen molar-refractivity contribution in [3.05, 3.63) is 57.6 Å². The topological polar surface area (TPSA) is 68.9 Å². The van der Waals surface area contributed by atoms with Crippen LogP contribution in [0.5, 0.6) is 0 Å². The lowest BCUT2D eigenvalue weighted by atomic mass is 10.1. The molecule has 2 heterocycles. The van der Waals surface area contributed by atoms with Crippen LogP contribution < -0.4 is 10.9 Å². The number of carbonyl (C=O) groups is 1. The zero-order chi connectivity index (χ0) is 18.3. The number of benzene rings is 1. The van der Waals surface area contributed by atoms with Gasteiger partial charge in [-0.3, -0.25) is 14.3 Å². The summed E-state index contributed by atoms with van der Waals surface area (Å²) in [6.45, 7) is 7.54. The zero-order valence-electron chi connectivity index (χ0n) is 15.1. The number of rotatable bonds is 3. The van der Waals surface area contributed by atoms with Crippen molar-refractivity contribution in [3.8, 4) is 0 Å². The van der Waals surface area contributed by atoms with Crippen LogP contribution in [0.2, 0.25) is 0 Å². The third-order valence-corrected chi connectivity index (χ3v) is 4.39. The highest BCUT2D eigenvalue weighted by Crippen LogP contribution is 2.17. The Kier molecular flexibility index (Phi) is 4.20. The molecular formula is C19H22N4O2. The first kappa shape index (κ1) is 17.0. The minimum Gasteiger partial charge on any atom is -0.324 e. The number of nitrogens with zero attached hydrogens (tertiary/aromatic N) is 3. The third-order valence-electron chi connectivity index (χ3n) is 4.39. The standard InChI is InChI=1S/C19H22N4O2/c1-11-8-12(2)10-15(9-11)20-18(24)14(4)23-7-6-16-13(3)21-22(5)17(16)19(23)25/h6-10,14H,1-5H3,(H,20,24). The lowest BCUT2D eigenvalue weighted by molar-refractivity contribution is -0.118. The predicted octanol–water partition coefficient (Wildman–Crippen LogP) is 2.86. The Morgan fingerprint density at radius 2 is 1.80 bits per heavy atom. The predicted molar refractivity (Wildman–Crippen MR) is 99.0 cm³/mol. The van der Waals surface area contributed by atoms with Gasteiger partial charge in [-0.1, -0.05) is 6.07 Å². The molecule has 3 aromatic rings. The van der Waals surface area contributed by atoms with Gasteiger partial charge in [0.15, 0.2) is 0 Å². The van der Waals surface area contributed by atoms with Crippen molar-refractivity contribution < 1.29 is 4.79 Å². The van der Waals surface area contributed by atoms with Crippen LogP contribution in [0.1, 0.15) is 29.8 Å². The van der Waals surface area contributed by atoms with Crippen LogP contribution in [0.25, 0.3) is 10.9 Å². The maximum atomic E-state index is 12.8. The van der Waals surface area contributed by atoms with Gasteiger partial charge in [0.2, 0.25) is 5.91 Å². The van der Waals surface area contributed by atoms with E-state index >= 15 is 0 Å². The van der Waals surface area contributed by atoms with Gasteiger partial charge in [0.25, 0.3) is 5.56 Å². The first-order chi connectivity index (χ1) is 11.8. The summed E-state index contributed by atoms with van der Waals surface area (Å²) in [4.78, 5) is 25.4. The van der Waals surface area contributed by atoms with Crippen LogP contribution in [-0.2, 0) is 11.8 Å². The molecular weight excluding hydrogens is 316 g/mol. The van der Waals surface area contributed by atoms with Gasteiger partial charge in [0.1, 0.15) is 11.6 Å². The molecule has 0 aliphatic carbocycles. The molecule has 1 aromatic carbocycles. The van der Waals surface area contributed by atoms with Crippen LogP contribution in [0.3, 0.4) is 0 Å². The number of anilines is 1. The number of hydrogen-bond donors (Lipinski definition) is 1. The molecule has 0 aliphatic rings. The first-order valence-electron chi connectivity index (χ1n) is 8.21. The molecule has 0 spiro atoms. The van der Waals surface area contributed by atoms with Gasteiger partial charge in [-0.2, -0.15) is 5.10 Å². The Morgan fingerprint density at radius 3 is 2.44 bits per heavy atom. The summed E-state index contributed by atoms with van der Waals surface area (Å²) in [5.74, 6) is -0.231. The van der Waals surface area contributed by atoms with Crippen molar-refractivity contribution in [1.82, 2.24) is 14.3 Å². The van der Waals surface area contributed by atoms with Crippen molar-refractivity contribution >= 4 is 22.5 Å². The van der Waals surface area contributed by atoms with Gasteiger partial charge in [0.05, 0.1) is 5.69 Å². The van der Waals surface area contributed by atoms with Gasteiger partial charge in [-0.05, 0) is 57.0 Å². The van der Waals surface area contributed by atoms with Crippen molar-refractivity contribution in [2.24, 2.45) is 7.05 Å². The smallest absolute Gasteiger partial charge is 0.277 e. The SMILES string of the molecule is Cc1cc(C)cc(NC(=O)C(C)n2ccc3c(C)nn(C)c3c2=O)c1. The van der Waals surface area contributed by atoms with Crippen LogP contribution in [-0.4, -0.2) is 20.3 Å². The van der Waals surface area contributed by atoms with Crippen molar-refractivity contribution in [1.29, 1.82) is 0 Å². The van der Waals surface area contributed by atoms with E-state index in [2.05, 4.69) is 10.4 Å². The van der Waals surface area contributed by atoms with E-state index in [0.29, 0.717) is 5.52 Å². The van der Waals surface area contributed by atoms with Gasteiger partial charge >= 0.3 is 0 Å². The lowest BCUT2D eigenvalue weighted by Gasteiger charge is -2.16. The number of aromatic nitrogens is 3. The Bertz CT molecular complexity index is 1010. The van der Waals surface area contributed by atoms with Crippen molar-refractivity contribution in [2.45, 2.75) is 33.7 Å². The minimum atomic E-state index is -0.632. The monoisotopic (exact) mass is 338 g/mol. The van der Waals surface area contributed by atoms with E-state index in [1.807, 2.05) is 45.0 Å². The second-order valence-electron chi connectivity index (χ2n) is 6.54. The molecule has 130 valence electrons. The van der Waals surface area contributed by atoms with E-state index < -0.39 is 6.04 Å². The first-order valence-corrected chi connectivity index (χ1v) is 8.21. The highest BCUT2D eigenvalue weighted by atomic mass is 16.2. The number of nitrogens with one attached hydrogen (secondary N) is 1. The highest BCUT2D eigenvalue weighted by molar-refractivity contribution is 5.94. The summed E-state index contributed by atoms with van der Waals surface area (Å²) < 4.78 is 3.01. The number of carbonyl (C=O) groups excluding carboxylic acids is 1. The van der Waals surface area contributed by atoms with Crippen LogP contribution in [0.4, 0.5) is 5.69 Å². The fourth-order valence-corrected chi connectivity index (χ4v) is 3.20. The summed E-state index contributed by atoms with van der Waals surface area (Å²) in [5.41, 5.74) is 3.97. The zero-order valence-corrected chi connectivity index (χ0v) is 15.1. The molecule has 1 unspecified atom stereocenters. The molecule has 0 radical (unpaired) electrons. The van der Waals surface area contributed by atoms with E-state index in [1.165, 1.54) is 4.57 Å². The van der Waals surface area contributed by atoms with Gasteiger partial charge in [-0.15, -0.1) is 0 Å². The van der Waals surface area contributed by atoms with E-state index in [1.54, 1.807) is 24.9 Å². The van der Waals surface area contributed by atoms with Crippen molar-refractivity contribution in [2.75, 3.05) is 5.32 Å². The Hall–Kier alpha value is -2.89. The van der Waals surface area contributed by atoms with E-state index in [4.69, 9.17) is 0 Å². The summed E-state index contributed by atoms with van der Waals surface area (Å²) in [7, 11) is 1.74. The number of amides is 1. The summed E-state index contributed by atoms with van der Waals surface area (Å²) in [6.07, 6.45) is 1.66. The van der Waals surface area contributed by atoms with Crippen LogP contribution in [0, 0.1) is 20.8 Å².